The second kappa shape index (κ2) is 9.33. The fourth-order valence-electron chi connectivity index (χ4n) is 2.49. The number of hydrogen-bond donors (Lipinski definition) is 0. The third-order valence-electron chi connectivity index (χ3n) is 3.75. The fraction of sp³-hybridized carbons (Fsp3) is 0.350. The molecule has 2 aromatic carbocycles. The van der Waals surface area contributed by atoms with Gasteiger partial charge in [0, 0.05) is 11.4 Å². The van der Waals surface area contributed by atoms with Crippen molar-refractivity contribution >= 4 is 17.6 Å². The summed E-state index contributed by atoms with van der Waals surface area (Å²) in [6.45, 7) is 4.29. The normalized spacial score (nSPS) is 11.8. The third-order valence-corrected chi connectivity index (χ3v) is 4.10. The highest BCUT2D eigenvalue weighted by Gasteiger charge is 2.12. The van der Waals surface area contributed by atoms with Gasteiger partial charge in [0.1, 0.15) is 11.9 Å². The molecule has 2 aromatic rings. The minimum atomic E-state index is -0.205. The monoisotopic (exact) mass is 346 g/mol. The molecule has 0 radical (unpaired) electrons. The van der Waals surface area contributed by atoms with Crippen LogP contribution in [0, 0.1) is 0 Å². The summed E-state index contributed by atoms with van der Waals surface area (Å²) in [5.41, 5.74) is 2.06. The highest BCUT2D eigenvalue weighted by atomic mass is 35.5. The number of rotatable bonds is 8. The van der Waals surface area contributed by atoms with E-state index in [2.05, 4.69) is 19.1 Å². The maximum atomic E-state index is 11.4. The zero-order chi connectivity index (χ0) is 17.4. The van der Waals surface area contributed by atoms with Gasteiger partial charge in [0.05, 0.1) is 6.61 Å². The summed E-state index contributed by atoms with van der Waals surface area (Å²) in [7, 11) is 0. The Bertz CT molecular complexity index is 655. The molecule has 0 N–H and O–H groups in total. The summed E-state index contributed by atoms with van der Waals surface area (Å²) in [6, 6.07) is 15.7. The van der Waals surface area contributed by atoms with Crippen LogP contribution in [-0.2, 0) is 16.0 Å². The molecule has 4 heteroatoms. The molecule has 0 aliphatic heterocycles. The number of benzene rings is 2. The van der Waals surface area contributed by atoms with E-state index in [1.807, 2.05) is 36.4 Å². The molecular weight excluding hydrogens is 324 g/mol. The number of aryl methyl sites for hydroxylation is 1. The predicted molar refractivity (Wildman–Crippen MR) is 96.5 cm³/mol. The number of hydrogen-bond acceptors (Lipinski definition) is 3. The highest BCUT2D eigenvalue weighted by molar-refractivity contribution is 6.31. The van der Waals surface area contributed by atoms with Gasteiger partial charge in [0.15, 0.2) is 0 Å². The summed E-state index contributed by atoms with van der Waals surface area (Å²) < 4.78 is 11.0. The average Bonchev–Trinajstić information content (AvgIpc) is 2.60. The molecule has 0 amide bonds. The van der Waals surface area contributed by atoms with Crippen LogP contribution >= 0.6 is 11.6 Å². The van der Waals surface area contributed by atoms with E-state index in [1.54, 1.807) is 6.92 Å². The first-order valence-corrected chi connectivity index (χ1v) is 8.67. The number of carbonyl (C=O) groups is 1. The Morgan fingerprint density at radius 3 is 2.50 bits per heavy atom. The van der Waals surface area contributed by atoms with Crippen molar-refractivity contribution in [2.45, 2.75) is 39.2 Å². The Kier molecular flexibility index (Phi) is 7.13. The largest absolute Gasteiger partial charge is 0.486 e. The SMILES string of the molecule is CCOC(=O)CCc1ccc(OC(CC)c2ccccc2)cc1Cl. The van der Waals surface area contributed by atoms with E-state index in [1.165, 1.54) is 0 Å². The van der Waals surface area contributed by atoms with Gasteiger partial charge in [-0.15, -0.1) is 0 Å². The predicted octanol–water partition coefficient (Wildman–Crippen LogP) is 5.37. The summed E-state index contributed by atoms with van der Waals surface area (Å²) >= 11 is 6.33. The fourth-order valence-corrected chi connectivity index (χ4v) is 2.76. The molecule has 1 unspecified atom stereocenters. The lowest BCUT2D eigenvalue weighted by atomic mass is 10.1. The molecular formula is C20H23ClO3. The summed E-state index contributed by atoms with van der Waals surface area (Å²) in [5.74, 6) is 0.527. The van der Waals surface area contributed by atoms with Crippen LogP contribution in [0.15, 0.2) is 48.5 Å². The molecule has 0 aliphatic carbocycles. The Balaban J connectivity index is 2.02. The average molecular weight is 347 g/mol. The maximum absolute atomic E-state index is 11.4. The molecule has 0 saturated heterocycles. The van der Waals surface area contributed by atoms with Crippen molar-refractivity contribution in [2.75, 3.05) is 6.61 Å². The number of esters is 1. The topological polar surface area (TPSA) is 35.5 Å². The summed E-state index contributed by atoms with van der Waals surface area (Å²) in [6.07, 6.45) is 1.75. The van der Waals surface area contributed by atoms with E-state index >= 15 is 0 Å². The molecule has 0 bridgehead atoms. The highest BCUT2D eigenvalue weighted by Crippen LogP contribution is 2.29. The molecule has 0 spiro atoms. The van der Waals surface area contributed by atoms with Crippen LogP contribution in [-0.4, -0.2) is 12.6 Å². The van der Waals surface area contributed by atoms with Crippen LogP contribution < -0.4 is 4.74 Å². The van der Waals surface area contributed by atoms with Gasteiger partial charge in [-0.2, -0.15) is 0 Å². The first-order chi connectivity index (χ1) is 11.6. The van der Waals surface area contributed by atoms with Gasteiger partial charge in [-0.05, 0) is 43.0 Å². The third kappa shape index (κ3) is 5.27. The van der Waals surface area contributed by atoms with E-state index in [9.17, 15) is 4.79 Å². The van der Waals surface area contributed by atoms with Crippen molar-refractivity contribution < 1.29 is 14.3 Å². The Labute approximate surface area is 148 Å². The molecule has 3 nitrogen and oxygen atoms in total. The van der Waals surface area contributed by atoms with Crippen molar-refractivity contribution in [3.63, 3.8) is 0 Å². The Morgan fingerprint density at radius 2 is 1.88 bits per heavy atom. The zero-order valence-electron chi connectivity index (χ0n) is 14.1. The van der Waals surface area contributed by atoms with Crippen molar-refractivity contribution in [1.82, 2.24) is 0 Å². The summed E-state index contributed by atoms with van der Waals surface area (Å²) in [4.78, 5) is 11.4. The van der Waals surface area contributed by atoms with Crippen molar-refractivity contribution in [3.05, 3.63) is 64.7 Å². The van der Waals surface area contributed by atoms with E-state index in [-0.39, 0.29) is 12.1 Å². The van der Waals surface area contributed by atoms with Crippen molar-refractivity contribution in [2.24, 2.45) is 0 Å². The van der Waals surface area contributed by atoms with Crippen LogP contribution in [0.1, 0.15) is 43.9 Å². The van der Waals surface area contributed by atoms with Gasteiger partial charge in [-0.1, -0.05) is 54.9 Å². The minimum absolute atomic E-state index is 0.00681. The second-order valence-corrected chi connectivity index (χ2v) is 5.89. The zero-order valence-corrected chi connectivity index (χ0v) is 14.9. The van der Waals surface area contributed by atoms with Crippen LogP contribution in [0.4, 0.5) is 0 Å². The van der Waals surface area contributed by atoms with E-state index in [4.69, 9.17) is 21.1 Å². The van der Waals surface area contributed by atoms with Crippen LogP contribution in [0.3, 0.4) is 0 Å². The first kappa shape index (κ1) is 18.3. The quantitative estimate of drug-likeness (QED) is 0.603. The Morgan fingerprint density at radius 1 is 1.12 bits per heavy atom. The first-order valence-electron chi connectivity index (χ1n) is 8.29. The number of ether oxygens (including phenoxy) is 2. The molecule has 128 valence electrons. The number of carbonyl (C=O) groups excluding carboxylic acids is 1. The molecule has 0 aliphatic rings. The molecule has 2 rings (SSSR count). The van der Waals surface area contributed by atoms with Crippen molar-refractivity contribution in [1.29, 1.82) is 0 Å². The smallest absolute Gasteiger partial charge is 0.306 e. The summed E-state index contributed by atoms with van der Waals surface area (Å²) in [5, 5.41) is 0.611. The second-order valence-electron chi connectivity index (χ2n) is 5.48. The molecule has 24 heavy (non-hydrogen) atoms. The van der Waals surface area contributed by atoms with Gasteiger partial charge < -0.3 is 9.47 Å². The van der Waals surface area contributed by atoms with Crippen molar-refractivity contribution in [3.8, 4) is 5.75 Å². The minimum Gasteiger partial charge on any atom is -0.486 e. The molecule has 0 fully saturated rings. The lowest BCUT2D eigenvalue weighted by Gasteiger charge is -2.18. The Hall–Kier alpha value is -2.00. The number of halogens is 1. The molecule has 0 aromatic heterocycles. The van der Waals surface area contributed by atoms with Crippen LogP contribution in [0.25, 0.3) is 0 Å². The van der Waals surface area contributed by atoms with Gasteiger partial charge in [-0.3, -0.25) is 4.79 Å². The van der Waals surface area contributed by atoms with Crippen LogP contribution in [0.5, 0.6) is 5.75 Å². The molecule has 1 atom stereocenters. The maximum Gasteiger partial charge on any atom is 0.306 e. The lowest BCUT2D eigenvalue weighted by molar-refractivity contribution is -0.143. The van der Waals surface area contributed by atoms with Gasteiger partial charge in [-0.25, -0.2) is 0 Å². The standard InChI is InChI=1S/C20H23ClO3/c1-3-19(16-8-6-5-7-9-16)24-17-12-10-15(18(21)14-17)11-13-20(22)23-4-2/h5-10,12,14,19H,3-4,11,13H2,1-2H3. The van der Waals surface area contributed by atoms with E-state index < -0.39 is 0 Å². The van der Waals surface area contributed by atoms with E-state index in [0.29, 0.717) is 24.5 Å². The van der Waals surface area contributed by atoms with Gasteiger partial charge in [0.25, 0.3) is 0 Å². The molecule has 0 saturated carbocycles. The van der Waals surface area contributed by atoms with E-state index in [0.717, 1.165) is 23.3 Å². The van der Waals surface area contributed by atoms with Gasteiger partial charge >= 0.3 is 5.97 Å². The van der Waals surface area contributed by atoms with Gasteiger partial charge in [0.2, 0.25) is 0 Å². The lowest BCUT2D eigenvalue weighted by Crippen LogP contribution is -2.07. The molecule has 0 heterocycles. The van der Waals surface area contributed by atoms with Crippen LogP contribution in [0.2, 0.25) is 5.02 Å².